The number of ether oxygens (including phenoxy) is 1. The van der Waals surface area contributed by atoms with Crippen LogP contribution in [0.1, 0.15) is 39.0 Å². The van der Waals surface area contributed by atoms with E-state index in [2.05, 4.69) is 0 Å². The molecule has 0 bridgehead atoms. The van der Waals surface area contributed by atoms with Crippen molar-refractivity contribution in [2.24, 2.45) is 5.92 Å². The van der Waals surface area contributed by atoms with Crippen LogP contribution in [0.4, 0.5) is 0 Å². The molecule has 0 aromatic heterocycles. The average Bonchev–Trinajstić information content (AvgIpc) is 2.94. The van der Waals surface area contributed by atoms with E-state index < -0.39 is 0 Å². The van der Waals surface area contributed by atoms with Gasteiger partial charge in [-0.2, -0.15) is 0 Å². The fourth-order valence-electron chi connectivity index (χ4n) is 2.98. The van der Waals surface area contributed by atoms with Gasteiger partial charge in [-0.3, -0.25) is 4.79 Å². The molecule has 4 heteroatoms. The largest absolute Gasteiger partial charge is 0.396 e. The lowest BCUT2D eigenvalue weighted by Gasteiger charge is -2.27. The Hall–Kier alpha value is -0.610. The molecular weight excluding hydrogens is 218 g/mol. The Morgan fingerprint density at radius 3 is 3.00 bits per heavy atom. The second-order valence-corrected chi connectivity index (χ2v) is 5.27. The summed E-state index contributed by atoms with van der Waals surface area (Å²) in [6.07, 6.45) is 5.02. The van der Waals surface area contributed by atoms with Crippen LogP contribution in [0, 0.1) is 5.92 Å². The Balaban J connectivity index is 1.89. The first kappa shape index (κ1) is 12.8. The van der Waals surface area contributed by atoms with Crippen LogP contribution < -0.4 is 0 Å². The zero-order valence-corrected chi connectivity index (χ0v) is 10.6. The monoisotopic (exact) mass is 241 g/mol. The molecule has 2 aliphatic heterocycles. The van der Waals surface area contributed by atoms with Crippen molar-refractivity contribution in [1.82, 2.24) is 4.90 Å². The quantitative estimate of drug-likeness (QED) is 0.804. The minimum atomic E-state index is 0.0692. The predicted octanol–water partition coefficient (Wildman–Crippen LogP) is 1.17. The number of nitrogens with zero attached hydrogens (tertiary/aromatic N) is 1. The predicted molar refractivity (Wildman–Crippen MR) is 64.6 cm³/mol. The molecule has 1 N–H and O–H groups in total. The van der Waals surface area contributed by atoms with Gasteiger partial charge in [0.1, 0.15) is 0 Å². The number of likely N-dealkylation sites (tertiary alicyclic amines) is 1. The van der Waals surface area contributed by atoms with Gasteiger partial charge in [0.25, 0.3) is 0 Å². The van der Waals surface area contributed by atoms with E-state index in [1.165, 1.54) is 0 Å². The van der Waals surface area contributed by atoms with Gasteiger partial charge in [0, 0.05) is 19.2 Å². The molecule has 0 radical (unpaired) electrons. The molecule has 2 aliphatic rings. The molecule has 2 saturated heterocycles. The van der Waals surface area contributed by atoms with E-state index in [1.807, 2.05) is 11.8 Å². The molecule has 2 heterocycles. The van der Waals surface area contributed by atoms with E-state index in [-0.39, 0.29) is 24.5 Å². The highest BCUT2D eigenvalue weighted by molar-refractivity contribution is 5.79. The fourth-order valence-corrected chi connectivity index (χ4v) is 2.98. The summed E-state index contributed by atoms with van der Waals surface area (Å²) < 4.78 is 5.48. The van der Waals surface area contributed by atoms with Crippen molar-refractivity contribution in [1.29, 1.82) is 0 Å². The maximum atomic E-state index is 12.4. The molecule has 0 saturated carbocycles. The number of amides is 1. The molecule has 0 aliphatic carbocycles. The molecule has 0 spiro atoms. The number of aliphatic hydroxyl groups excluding tert-OH is 1. The Kier molecular flexibility index (Phi) is 4.40. The molecule has 2 rings (SSSR count). The van der Waals surface area contributed by atoms with Crippen LogP contribution in [0.2, 0.25) is 0 Å². The van der Waals surface area contributed by atoms with Crippen LogP contribution in [-0.2, 0) is 9.53 Å². The summed E-state index contributed by atoms with van der Waals surface area (Å²) >= 11 is 0. The lowest BCUT2D eigenvalue weighted by atomic mass is 10.0. The molecule has 4 nitrogen and oxygen atoms in total. The van der Waals surface area contributed by atoms with Gasteiger partial charge in [-0.05, 0) is 39.0 Å². The normalized spacial score (nSPS) is 33.3. The topological polar surface area (TPSA) is 49.8 Å². The summed E-state index contributed by atoms with van der Waals surface area (Å²) in [6, 6.07) is 0.352. The number of hydrogen-bond acceptors (Lipinski definition) is 3. The lowest BCUT2D eigenvalue weighted by molar-refractivity contribution is -0.136. The molecule has 0 aromatic rings. The third-order valence-electron chi connectivity index (χ3n) is 3.90. The summed E-state index contributed by atoms with van der Waals surface area (Å²) in [7, 11) is 0. The molecule has 2 fully saturated rings. The van der Waals surface area contributed by atoms with Crippen molar-refractivity contribution in [2.45, 2.75) is 51.2 Å². The molecule has 98 valence electrons. The van der Waals surface area contributed by atoms with Gasteiger partial charge in [0.15, 0.2) is 0 Å². The van der Waals surface area contributed by atoms with Gasteiger partial charge in [-0.15, -0.1) is 0 Å². The van der Waals surface area contributed by atoms with Crippen LogP contribution in [0.15, 0.2) is 0 Å². The van der Waals surface area contributed by atoms with E-state index in [0.717, 1.165) is 38.6 Å². The first-order valence-electron chi connectivity index (χ1n) is 6.75. The Bertz CT molecular complexity index is 269. The SMILES string of the molecule is CC1CC(C(=O)N2CCCC2CCCO)CO1. The van der Waals surface area contributed by atoms with Crippen LogP contribution in [0.3, 0.4) is 0 Å². The zero-order valence-electron chi connectivity index (χ0n) is 10.6. The maximum absolute atomic E-state index is 12.4. The standard InChI is InChI=1S/C13H23NO3/c1-10-8-11(9-17-10)13(16)14-6-2-4-12(14)5-3-7-15/h10-12,15H,2-9H2,1H3. The van der Waals surface area contributed by atoms with Gasteiger partial charge in [-0.25, -0.2) is 0 Å². The van der Waals surface area contributed by atoms with Gasteiger partial charge < -0.3 is 14.7 Å². The fraction of sp³-hybridized carbons (Fsp3) is 0.923. The highest BCUT2D eigenvalue weighted by atomic mass is 16.5. The van der Waals surface area contributed by atoms with E-state index >= 15 is 0 Å². The molecule has 1 amide bonds. The first-order chi connectivity index (χ1) is 8.22. The molecule has 3 unspecified atom stereocenters. The smallest absolute Gasteiger partial charge is 0.228 e. The summed E-state index contributed by atoms with van der Waals surface area (Å²) in [5, 5.41) is 8.87. The summed E-state index contributed by atoms with van der Waals surface area (Å²) in [5.41, 5.74) is 0. The Labute approximate surface area is 103 Å². The zero-order chi connectivity index (χ0) is 12.3. The van der Waals surface area contributed by atoms with Crippen molar-refractivity contribution in [3.8, 4) is 0 Å². The maximum Gasteiger partial charge on any atom is 0.228 e. The van der Waals surface area contributed by atoms with Crippen molar-refractivity contribution in [3.05, 3.63) is 0 Å². The number of hydrogen-bond donors (Lipinski definition) is 1. The van der Waals surface area contributed by atoms with Gasteiger partial charge in [0.05, 0.1) is 18.6 Å². The van der Waals surface area contributed by atoms with Crippen LogP contribution in [-0.4, -0.2) is 47.8 Å². The van der Waals surface area contributed by atoms with Crippen molar-refractivity contribution < 1.29 is 14.6 Å². The van der Waals surface area contributed by atoms with Gasteiger partial charge in [0.2, 0.25) is 5.91 Å². The summed E-state index contributed by atoms with van der Waals surface area (Å²) in [6.45, 7) is 3.73. The van der Waals surface area contributed by atoms with Crippen LogP contribution in [0.5, 0.6) is 0 Å². The Morgan fingerprint density at radius 2 is 2.35 bits per heavy atom. The average molecular weight is 241 g/mol. The Morgan fingerprint density at radius 1 is 1.53 bits per heavy atom. The molecular formula is C13H23NO3. The number of carbonyl (C=O) groups is 1. The first-order valence-corrected chi connectivity index (χ1v) is 6.75. The van der Waals surface area contributed by atoms with Crippen molar-refractivity contribution in [2.75, 3.05) is 19.8 Å². The third kappa shape index (κ3) is 2.99. The minimum Gasteiger partial charge on any atom is -0.396 e. The second-order valence-electron chi connectivity index (χ2n) is 5.27. The van der Waals surface area contributed by atoms with E-state index in [9.17, 15) is 4.79 Å². The molecule has 3 atom stereocenters. The summed E-state index contributed by atoms with van der Waals surface area (Å²) in [4.78, 5) is 14.4. The van der Waals surface area contributed by atoms with Gasteiger partial charge >= 0.3 is 0 Å². The third-order valence-corrected chi connectivity index (χ3v) is 3.90. The van der Waals surface area contributed by atoms with Crippen molar-refractivity contribution >= 4 is 5.91 Å². The summed E-state index contributed by atoms with van der Waals surface area (Å²) in [5.74, 6) is 0.342. The van der Waals surface area contributed by atoms with Gasteiger partial charge in [-0.1, -0.05) is 0 Å². The second kappa shape index (κ2) is 5.83. The highest BCUT2D eigenvalue weighted by Gasteiger charge is 2.36. The van der Waals surface area contributed by atoms with Crippen LogP contribution in [0.25, 0.3) is 0 Å². The minimum absolute atomic E-state index is 0.0692. The number of rotatable bonds is 4. The van der Waals surface area contributed by atoms with E-state index in [1.54, 1.807) is 0 Å². The lowest BCUT2D eigenvalue weighted by Crippen LogP contribution is -2.40. The molecule has 0 aromatic carbocycles. The number of carbonyl (C=O) groups excluding carboxylic acids is 1. The van der Waals surface area contributed by atoms with Crippen molar-refractivity contribution in [3.63, 3.8) is 0 Å². The van der Waals surface area contributed by atoms with E-state index in [4.69, 9.17) is 9.84 Å². The molecule has 17 heavy (non-hydrogen) atoms. The van der Waals surface area contributed by atoms with E-state index in [0.29, 0.717) is 12.6 Å². The van der Waals surface area contributed by atoms with Crippen LogP contribution >= 0.6 is 0 Å². The highest BCUT2D eigenvalue weighted by Crippen LogP contribution is 2.27. The number of aliphatic hydroxyl groups is 1.